The van der Waals surface area contributed by atoms with Crippen molar-refractivity contribution in [1.29, 1.82) is 0 Å². The lowest BCUT2D eigenvalue weighted by Gasteiger charge is -1.82. The Morgan fingerprint density at radius 2 is 2.91 bits per heavy atom. The van der Waals surface area contributed by atoms with E-state index in [9.17, 15) is 0 Å². The summed E-state index contributed by atoms with van der Waals surface area (Å²) in [5, 5.41) is 4.17. The van der Waals surface area contributed by atoms with Crippen molar-refractivity contribution in [3.8, 4) is 11.3 Å². The Bertz CT molecular complexity index is 520. The van der Waals surface area contributed by atoms with E-state index in [-0.39, 0.29) is 35.1 Å². The smallest absolute Gasteiger partial charge is 0.192 e. The van der Waals surface area contributed by atoms with Crippen LogP contribution in [-0.2, 0) is 0 Å². The lowest BCUT2D eigenvalue weighted by molar-refractivity contribution is 0.568. The Balaban J connectivity index is 2.60. The van der Waals surface area contributed by atoms with Crippen molar-refractivity contribution in [2.75, 3.05) is 5.72 Å². The van der Waals surface area contributed by atoms with Gasteiger partial charge in [0.1, 0.15) is 7.19 Å². The molecule has 56 valence electrons. The Morgan fingerprint density at radius 1 is 1.91 bits per heavy atom. The van der Waals surface area contributed by atoms with Crippen LogP contribution in [0.25, 0.3) is 11.3 Å². The highest BCUT2D eigenvalue weighted by Gasteiger charge is 2.01. The molecule has 0 aliphatic rings. The van der Waals surface area contributed by atoms with Gasteiger partial charge in [-0.1, -0.05) is 0 Å². The summed E-state index contributed by atoms with van der Waals surface area (Å²) in [7, 11) is 0. The SMILES string of the molecule is [2H]c1occc1-c1nn([2H])c(N([2H])[2H])c1[2H]. The van der Waals surface area contributed by atoms with Crippen molar-refractivity contribution in [2.24, 2.45) is 0 Å². The fourth-order valence-electron chi connectivity index (χ4n) is 0.735. The van der Waals surface area contributed by atoms with E-state index in [4.69, 9.17) is 11.4 Å². The van der Waals surface area contributed by atoms with Crippen LogP contribution in [-0.4, -0.2) is 10.2 Å². The van der Waals surface area contributed by atoms with E-state index in [0.717, 1.165) is 0 Å². The van der Waals surface area contributed by atoms with E-state index in [1.54, 1.807) is 0 Å². The van der Waals surface area contributed by atoms with Crippen LogP contribution in [0, 0.1) is 0 Å². The van der Waals surface area contributed by atoms with E-state index >= 15 is 0 Å². The van der Waals surface area contributed by atoms with E-state index < -0.39 is 0 Å². The molecule has 0 fully saturated rings. The molecule has 0 aliphatic heterocycles. The molecule has 4 nitrogen and oxygen atoms in total. The summed E-state index contributed by atoms with van der Waals surface area (Å²) in [6, 6.07) is 1.19. The van der Waals surface area contributed by atoms with Crippen LogP contribution in [0.4, 0.5) is 5.82 Å². The van der Waals surface area contributed by atoms with Gasteiger partial charge in [-0.2, -0.15) is 5.10 Å². The van der Waals surface area contributed by atoms with Crippen molar-refractivity contribution in [1.82, 2.24) is 10.2 Å². The number of nitrogens with two attached hydrogens (primary N) is 1. The minimum absolute atomic E-state index is 0.0493. The molecule has 2 heterocycles. The molecule has 0 aromatic carbocycles. The zero-order valence-electron chi connectivity index (χ0n) is 10.4. The Hall–Kier alpha value is -1.71. The fourth-order valence-corrected chi connectivity index (χ4v) is 0.735. The second-order valence-electron chi connectivity index (χ2n) is 1.93. The third kappa shape index (κ3) is 0.980. The van der Waals surface area contributed by atoms with Gasteiger partial charge in [0.05, 0.1) is 19.6 Å². The van der Waals surface area contributed by atoms with Crippen LogP contribution >= 0.6 is 0 Å². The molecule has 2 rings (SSSR count). The predicted octanol–water partition coefficient (Wildman–Crippen LogP) is 1.25. The zero-order valence-corrected chi connectivity index (χ0v) is 5.40. The van der Waals surface area contributed by atoms with Crippen LogP contribution in [0.1, 0.15) is 2.74 Å². The number of anilines is 1. The average Bonchev–Trinajstić information content (AvgIpc) is 2.70. The van der Waals surface area contributed by atoms with Crippen LogP contribution in [0.5, 0.6) is 0 Å². The van der Waals surface area contributed by atoms with Crippen LogP contribution in [0.3, 0.4) is 0 Å². The van der Waals surface area contributed by atoms with E-state index in [2.05, 4.69) is 5.10 Å². The van der Waals surface area contributed by atoms with Crippen LogP contribution in [0.15, 0.2) is 29.0 Å². The number of rotatable bonds is 2. The normalized spacial score (nSPS) is 16.2. The van der Waals surface area contributed by atoms with Crippen molar-refractivity contribution in [2.45, 2.75) is 0 Å². The second kappa shape index (κ2) is 2.16. The second-order valence-corrected chi connectivity index (χ2v) is 1.93. The highest BCUT2D eigenvalue weighted by molar-refractivity contribution is 5.60. The molecule has 0 aliphatic carbocycles. The van der Waals surface area contributed by atoms with E-state index in [1.165, 1.54) is 12.3 Å². The maximum absolute atomic E-state index is 7.66. The standard InChI is InChI=1S/C7H7N3O/c8-7-3-6(9-10-7)5-1-2-11-4-5/h1-4H,(H3,8,9,10)/i3D,4D/hD3. The summed E-state index contributed by atoms with van der Waals surface area (Å²) in [5.74, 6) is -0.296. The summed E-state index contributed by atoms with van der Waals surface area (Å²) in [5.41, 5.74) is 0.447. The van der Waals surface area contributed by atoms with Crippen molar-refractivity contribution in [3.05, 3.63) is 24.6 Å². The van der Waals surface area contributed by atoms with Gasteiger partial charge < -0.3 is 10.1 Å². The van der Waals surface area contributed by atoms with Crippen molar-refractivity contribution >= 4 is 5.82 Å². The number of hydrogen-bond acceptors (Lipinski definition) is 3. The monoisotopic (exact) mass is 154 g/mol. The summed E-state index contributed by atoms with van der Waals surface area (Å²) in [4.78, 5) is 0. The molecule has 2 aromatic rings. The summed E-state index contributed by atoms with van der Waals surface area (Å²) in [6.07, 6.45) is 1.11. The van der Waals surface area contributed by atoms with Gasteiger partial charge in [-0.25, -0.2) is 0 Å². The fraction of sp³-hybridized carbons (Fsp3) is 0. The molecule has 11 heavy (non-hydrogen) atoms. The first-order valence-corrected chi connectivity index (χ1v) is 2.93. The molecule has 4 heteroatoms. The molecule has 0 saturated carbocycles. The largest absolute Gasteiger partial charge is 0.472 e. The molecule has 0 spiro atoms. The Kier molecular flexibility index (Phi) is 0.536. The number of hydrogen-bond donors (Lipinski definition) is 2. The number of aromatic nitrogens is 2. The van der Waals surface area contributed by atoms with E-state index in [1.807, 2.05) is 0 Å². The van der Waals surface area contributed by atoms with Gasteiger partial charge in [0, 0.05) is 11.6 Å². The number of aromatic amines is 1. The highest BCUT2D eigenvalue weighted by atomic mass is 16.3. The van der Waals surface area contributed by atoms with Crippen molar-refractivity contribution < 1.29 is 11.4 Å². The van der Waals surface area contributed by atoms with Gasteiger partial charge in [0.2, 0.25) is 0 Å². The molecular formula is C7H7N3O. The molecule has 0 saturated heterocycles. The maximum Gasteiger partial charge on any atom is 0.192 e. The maximum atomic E-state index is 7.66. The first kappa shape index (κ1) is 2.73. The van der Waals surface area contributed by atoms with E-state index in [0.29, 0.717) is 5.09 Å². The summed E-state index contributed by atoms with van der Waals surface area (Å²) in [6.45, 7) is 0. The number of furan rings is 1. The molecule has 0 amide bonds. The molecule has 0 unspecified atom stereocenters. The Labute approximate surface area is 70.2 Å². The minimum Gasteiger partial charge on any atom is -0.472 e. The summed E-state index contributed by atoms with van der Waals surface area (Å²) < 4.78 is 41.2. The quantitative estimate of drug-likeness (QED) is 0.684. The topological polar surface area (TPSA) is 67.8 Å². The van der Waals surface area contributed by atoms with Crippen LogP contribution < -0.4 is 5.72 Å². The average molecular weight is 154 g/mol. The molecule has 2 aromatic heterocycles. The van der Waals surface area contributed by atoms with Gasteiger partial charge in [0.15, 0.2) is 4.24 Å². The third-order valence-corrected chi connectivity index (χ3v) is 1.20. The molecular weight excluding hydrogens is 142 g/mol. The predicted molar refractivity (Wildman–Crippen MR) is 40.7 cm³/mol. The van der Waals surface area contributed by atoms with Gasteiger partial charge in [-0.15, -0.1) is 0 Å². The van der Waals surface area contributed by atoms with Gasteiger partial charge >= 0.3 is 0 Å². The summed E-state index contributed by atoms with van der Waals surface area (Å²) >= 11 is 0. The number of nitrogens with one attached hydrogen (secondary N) is 1. The van der Waals surface area contributed by atoms with Gasteiger partial charge in [-0.3, -0.25) is 5.09 Å². The molecule has 0 radical (unpaired) electrons. The first-order chi connectivity index (χ1) is 7.52. The number of H-pyrrole nitrogens is 1. The van der Waals surface area contributed by atoms with Gasteiger partial charge in [0.25, 0.3) is 0 Å². The number of nitrogens with zero attached hydrogens (tertiary/aromatic N) is 1. The lowest BCUT2D eigenvalue weighted by atomic mass is 10.2. The zero-order chi connectivity index (χ0) is 11.9. The highest BCUT2D eigenvalue weighted by Crippen LogP contribution is 2.17. The lowest BCUT2D eigenvalue weighted by Crippen LogP contribution is -1.81. The molecule has 0 bridgehead atoms. The van der Waals surface area contributed by atoms with Crippen LogP contribution in [0.2, 0.25) is 4.24 Å². The first-order valence-electron chi connectivity index (χ1n) is 5.27. The Morgan fingerprint density at radius 3 is 3.55 bits per heavy atom. The molecule has 3 N–H and O–H groups in total. The third-order valence-electron chi connectivity index (χ3n) is 1.20. The van der Waals surface area contributed by atoms with Crippen molar-refractivity contribution in [3.63, 3.8) is 0 Å². The van der Waals surface area contributed by atoms with Gasteiger partial charge in [-0.05, 0) is 6.07 Å². The number of nitrogen functional groups attached to an aromatic ring is 1. The molecule has 0 atom stereocenters. The minimum atomic E-state index is -0.296.